The number of rotatable bonds is 4. The van der Waals surface area contributed by atoms with Crippen molar-refractivity contribution in [1.82, 2.24) is 0 Å². The maximum absolute atomic E-state index is 13.4. The van der Waals surface area contributed by atoms with Gasteiger partial charge in [-0.2, -0.15) is 0 Å². The summed E-state index contributed by atoms with van der Waals surface area (Å²) in [5, 5.41) is 0. The van der Waals surface area contributed by atoms with Gasteiger partial charge in [-0.05, 0) is 41.5 Å². The molecule has 22 heavy (non-hydrogen) atoms. The fourth-order valence-electron chi connectivity index (χ4n) is 2.22. The number of benzene rings is 3. The van der Waals surface area contributed by atoms with Crippen LogP contribution < -0.4 is 4.74 Å². The standard InChI is InChI=1S/C19H15FOS/c1-21-18-11-10-15(14-6-3-2-4-7-14)12-19(18)22-17-9-5-8-16(20)13-17/h2-13H,1H3. The van der Waals surface area contributed by atoms with E-state index in [1.807, 2.05) is 36.4 Å². The molecule has 3 rings (SSSR count). The van der Waals surface area contributed by atoms with Crippen LogP contribution in [0.3, 0.4) is 0 Å². The number of methoxy groups -OCH3 is 1. The fourth-order valence-corrected chi connectivity index (χ4v) is 3.23. The van der Waals surface area contributed by atoms with E-state index in [0.717, 1.165) is 26.7 Å². The zero-order chi connectivity index (χ0) is 15.4. The minimum atomic E-state index is -0.233. The van der Waals surface area contributed by atoms with Gasteiger partial charge in [0.25, 0.3) is 0 Å². The van der Waals surface area contributed by atoms with E-state index in [-0.39, 0.29) is 5.82 Å². The van der Waals surface area contributed by atoms with E-state index in [9.17, 15) is 4.39 Å². The molecule has 0 N–H and O–H groups in total. The molecule has 0 aromatic heterocycles. The Morgan fingerprint density at radius 2 is 1.64 bits per heavy atom. The lowest BCUT2D eigenvalue weighted by atomic mass is 10.1. The number of hydrogen-bond donors (Lipinski definition) is 0. The van der Waals surface area contributed by atoms with Crippen molar-refractivity contribution in [3.63, 3.8) is 0 Å². The van der Waals surface area contributed by atoms with Crippen LogP contribution in [0.15, 0.2) is 82.6 Å². The molecule has 0 heterocycles. The number of ether oxygens (including phenoxy) is 1. The predicted molar refractivity (Wildman–Crippen MR) is 89.0 cm³/mol. The van der Waals surface area contributed by atoms with E-state index in [4.69, 9.17) is 4.74 Å². The Morgan fingerprint density at radius 3 is 2.36 bits per heavy atom. The van der Waals surface area contributed by atoms with Gasteiger partial charge >= 0.3 is 0 Å². The van der Waals surface area contributed by atoms with Gasteiger partial charge in [-0.25, -0.2) is 4.39 Å². The van der Waals surface area contributed by atoms with Crippen molar-refractivity contribution in [3.05, 3.63) is 78.6 Å². The monoisotopic (exact) mass is 310 g/mol. The van der Waals surface area contributed by atoms with Gasteiger partial charge in [0.05, 0.1) is 12.0 Å². The molecule has 0 bridgehead atoms. The summed E-state index contributed by atoms with van der Waals surface area (Å²) in [7, 11) is 1.65. The molecular formula is C19H15FOS. The molecule has 0 unspecified atom stereocenters. The van der Waals surface area contributed by atoms with Gasteiger partial charge in [0.1, 0.15) is 11.6 Å². The quantitative estimate of drug-likeness (QED) is 0.615. The molecule has 0 fully saturated rings. The van der Waals surface area contributed by atoms with E-state index in [1.54, 1.807) is 13.2 Å². The van der Waals surface area contributed by atoms with Crippen LogP contribution in [0, 0.1) is 5.82 Å². The summed E-state index contributed by atoms with van der Waals surface area (Å²) in [4.78, 5) is 1.82. The maximum Gasteiger partial charge on any atom is 0.132 e. The smallest absolute Gasteiger partial charge is 0.132 e. The molecule has 3 aromatic carbocycles. The third-order valence-electron chi connectivity index (χ3n) is 3.29. The van der Waals surface area contributed by atoms with Crippen LogP contribution in [0.25, 0.3) is 11.1 Å². The largest absolute Gasteiger partial charge is 0.496 e. The van der Waals surface area contributed by atoms with Gasteiger partial charge in [-0.15, -0.1) is 0 Å². The molecule has 0 aliphatic rings. The van der Waals surface area contributed by atoms with Crippen molar-refractivity contribution < 1.29 is 9.13 Å². The number of hydrogen-bond acceptors (Lipinski definition) is 2. The van der Waals surface area contributed by atoms with Crippen LogP contribution in [-0.2, 0) is 0 Å². The molecule has 0 atom stereocenters. The first kappa shape index (κ1) is 14.7. The third kappa shape index (κ3) is 3.31. The van der Waals surface area contributed by atoms with Gasteiger partial charge in [0, 0.05) is 4.90 Å². The van der Waals surface area contributed by atoms with E-state index < -0.39 is 0 Å². The van der Waals surface area contributed by atoms with E-state index in [2.05, 4.69) is 18.2 Å². The van der Waals surface area contributed by atoms with Crippen LogP contribution in [0.2, 0.25) is 0 Å². The molecule has 3 aromatic rings. The lowest BCUT2D eigenvalue weighted by Gasteiger charge is -2.11. The topological polar surface area (TPSA) is 9.23 Å². The van der Waals surface area contributed by atoms with Crippen molar-refractivity contribution in [2.75, 3.05) is 7.11 Å². The molecule has 0 spiro atoms. The molecule has 0 radical (unpaired) electrons. The summed E-state index contributed by atoms with van der Waals surface area (Å²) in [5.41, 5.74) is 2.26. The van der Waals surface area contributed by atoms with Gasteiger partial charge in [-0.3, -0.25) is 0 Å². The zero-order valence-corrected chi connectivity index (χ0v) is 12.9. The molecule has 0 saturated heterocycles. The van der Waals surface area contributed by atoms with Crippen LogP contribution in [0.1, 0.15) is 0 Å². The summed E-state index contributed by atoms with van der Waals surface area (Å²) < 4.78 is 18.8. The highest BCUT2D eigenvalue weighted by Gasteiger charge is 2.08. The van der Waals surface area contributed by atoms with Crippen LogP contribution in [0.5, 0.6) is 5.75 Å². The highest BCUT2D eigenvalue weighted by atomic mass is 32.2. The van der Waals surface area contributed by atoms with Gasteiger partial charge in [0.15, 0.2) is 0 Å². The lowest BCUT2D eigenvalue weighted by Crippen LogP contribution is -1.88. The summed E-state index contributed by atoms with van der Waals surface area (Å²) in [6.45, 7) is 0. The first-order valence-corrected chi connectivity index (χ1v) is 7.75. The molecule has 0 saturated carbocycles. The highest BCUT2D eigenvalue weighted by molar-refractivity contribution is 7.99. The Labute approximate surface area is 133 Å². The second-order valence-electron chi connectivity index (χ2n) is 4.79. The van der Waals surface area contributed by atoms with Crippen LogP contribution in [-0.4, -0.2) is 7.11 Å². The van der Waals surface area contributed by atoms with Gasteiger partial charge in [-0.1, -0.05) is 54.2 Å². The summed E-state index contributed by atoms with van der Waals surface area (Å²) in [6, 6.07) is 22.8. The average molecular weight is 310 g/mol. The highest BCUT2D eigenvalue weighted by Crippen LogP contribution is 2.37. The van der Waals surface area contributed by atoms with Crippen LogP contribution >= 0.6 is 11.8 Å². The molecule has 0 amide bonds. The van der Waals surface area contributed by atoms with E-state index in [1.165, 1.54) is 23.9 Å². The number of halogens is 1. The Balaban J connectivity index is 1.98. The maximum atomic E-state index is 13.4. The van der Waals surface area contributed by atoms with Gasteiger partial charge in [0.2, 0.25) is 0 Å². The average Bonchev–Trinajstić information content (AvgIpc) is 2.56. The zero-order valence-electron chi connectivity index (χ0n) is 12.1. The Bertz CT molecular complexity index is 771. The first-order chi connectivity index (χ1) is 10.8. The SMILES string of the molecule is COc1ccc(-c2ccccc2)cc1Sc1cccc(F)c1. The normalized spacial score (nSPS) is 10.5. The van der Waals surface area contributed by atoms with Crippen molar-refractivity contribution in [2.24, 2.45) is 0 Å². The Hall–Kier alpha value is -2.26. The van der Waals surface area contributed by atoms with Crippen molar-refractivity contribution in [2.45, 2.75) is 9.79 Å². The summed E-state index contributed by atoms with van der Waals surface area (Å²) in [5.74, 6) is 0.553. The molecular weight excluding hydrogens is 295 g/mol. The molecule has 0 aliphatic carbocycles. The Morgan fingerprint density at radius 1 is 0.818 bits per heavy atom. The minimum absolute atomic E-state index is 0.233. The van der Waals surface area contributed by atoms with Crippen molar-refractivity contribution in [1.29, 1.82) is 0 Å². The van der Waals surface area contributed by atoms with Crippen molar-refractivity contribution >= 4 is 11.8 Å². The third-order valence-corrected chi connectivity index (χ3v) is 4.32. The molecule has 0 aliphatic heterocycles. The second kappa shape index (κ2) is 6.67. The van der Waals surface area contributed by atoms with Crippen molar-refractivity contribution in [3.8, 4) is 16.9 Å². The first-order valence-electron chi connectivity index (χ1n) is 6.93. The minimum Gasteiger partial charge on any atom is -0.496 e. The molecule has 1 nitrogen and oxygen atoms in total. The lowest BCUT2D eigenvalue weighted by molar-refractivity contribution is 0.405. The van der Waals surface area contributed by atoms with E-state index >= 15 is 0 Å². The fraction of sp³-hybridized carbons (Fsp3) is 0.0526. The molecule has 3 heteroatoms. The predicted octanol–water partition coefficient (Wildman–Crippen LogP) is 5.65. The Kier molecular flexibility index (Phi) is 4.45. The second-order valence-corrected chi connectivity index (χ2v) is 5.91. The van der Waals surface area contributed by atoms with E-state index in [0.29, 0.717) is 0 Å². The summed E-state index contributed by atoms with van der Waals surface area (Å²) in [6.07, 6.45) is 0. The molecule has 110 valence electrons. The summed E-state index contributed by atoms with van der Waals surface area (Å²) >= 11 is 1.50. The van der Waals surface area contributed by atoms with Gasteiger partial charge < -0.3 is 4.74 Å². The van der Waals surface area contributed by atoms with Crippen LogP contribution in [0.4, 0.5) is 4.39 Å².